The summed E-state index contributed by atoms with van der Waals surface area (Å²) < 4.78 is 53.3. The highest BCUT2D eigenvalue weighted by Gasteiger charge is 2.30. The molecule has 0 aliphatic rings. The smallest absolute Gasteiger partial charge is 0.416 e. The van der Waals surface area contributed by atoms with Crippen molar-refractivity contribution in [1.29, 1.82) is 0 Å². The van der Waals surface area contributed by atoms with Crippen molar-refractivity contribution in [3.8, 4) is 11.5 Å². The molecule has 25 heavy (non-hydrogen) atoms. The van der Waals surface area contributed by atoms with Crippen LogP contribution in [0, 0.1) is 0 Å². The highest BCUT2D eigenvalue weighted by molar-refractivity contribution is 5.73. The molecule has 2 aromatic rings. The van der Waals surface area contributed by atoms with E-state index in [0.29, 0.717) is 17.1 Å². The number of hydrogen-bond acceptors (Lipinski definition) is 4. The van der Waals surface area contributed by atoms with E-state index in [-0.39, 0.29) is 18.6 Å². The summed E-state index contributed by atoms with van der Waals surface area (Å²) >= 11 is 0. The van der Waals surface area contributed by atoms with E-state index in [0.717, 1.165) is 12.1 Å². The van der Waals surface area contributed by atoms with Gasteiger partial charge in [-0.3, -0.25) is 4.79 Å². The number of esters is 1. The van der Waals surface area contributed by atoms with E-state index in [1.54, 1.807) is 18.2 Å². The largest absolute Gasteiger partial charge is 0.493 e. The minimum atomic E-state index is -4.43. The number of benzene rings is 2. The second-order valence-electron chi connectivity index (χ2n) is 5.22. The first-order valence-corrected chi connectivity index (χ1v) is 7.36. The van der Waals surface area contributed by atoms with Gasteiger partial charge in [0.2, 0.25) is 0 Å². The van der Waals surface area contributed by atoms with Crippen LogP contribution in [0.5, 0.6) is 11.5 Å². The maximum absolute atomic E-state index is 12.7. The molecule has 0 aromatic heterocycles. The van der Waals surface area contributed by atoms with Gasteiger partial charge in [0.1, 0.15) is 6.61 Å². The second-order valence-corrected chi connectivity index (χ2v) is 5.22. The maximum atomic E-state index is 12.7. The third-order valence-corrected chi connectivity index (χ3v) is 3.45. The van der Waals surface area contributed by atoms with Crippen molar-refractivity contribution in [2.75, 3.05) is 14.2 Å². The molecule has 0 unspecified atom stereocenters. The van der Waals surface area contributed by atoms with Crippen molar-refractivity contribution in [3.63, 3.8) is 0 Å². The van der Waals surface area contributed by atoms with E-state index in [2.05, 4.69) is 0 Å². The molecule has 0 N–H and O–H groups in total. The SMILES string of the molecule is COc1ccc(CC(=O)OCc2cccc(C(F)(F)F)c2)cc1OC. The topological polar surface area (TPSA) is 44.8 Å². The molecule has 2 aromatic carbocycles. The number of alkyl halides is 3. The van der Waals surface area contributed by atoms with Gasteiger partial charge < -0.3 is 14.2 Å². The van der Waals surface area contributed by atoms with Crippen molar-refractivity contribution in [2.24, 2.45) is 0 Å². The fraction of sp³-hybridized carbons (Fsp3) is 0.278. The van der Waals surface area contributed by atoms with Crippen LogP contribution in [-0.2, 0) is 28.7 Å². The maximum Gasteiger partial charge on any atom is 0.416 e. The Labute approximate surface area is 143 Å². The average molecular weight is 354 g/mol. The molecule has 0 aliphatic carbocycles. The molecule has 0 saturated heterocycles. The van der Waals surface area contributed by atoms with Gasteiger partial charge in [-0.05, 0) is 35.4 Å². The number of rotatable bonds is 6. The molecule has 134 valence electrons. The van der Waals surface area contributed by atoms with E-state index >= 15 is 0 Å². The molecule has 7 heteroatoms. The molecule has 0 spiro atoms. The second kappa shape index (κ2) is 7.92. The van der Waals surface area contributed by atoms with Gasteiger partial charge in [0.05, 0.1) is 26.2 Å². The van der Waals surface area contributed by atoms with Gasteiger partial charge in [-0.2, -0.15) is 13.2 Å². The minimum absolute atomic E-state index is 0.0285. The van der Waals surface area contributed by atoms with Crippen LogP contribution in [0.2, 0.25) is 0 Å². The molecular weight excluding hydrogens is 337 g/mol. The van der Waals surface area contributed by atoms with Crippen LogP contribution in [0.15, 0.2) is 42.5 Å². The van der Waals surface area contributed by atoms with Crippen LogP contribution in [-0.4, -0.2) is 20.2 Å². The highest BCUT2D eigenvalue weighted by Crippen LogP contribution is 2.30. The van der Waals surface area contributed by atoms with Gasteiger partial charge in [-0.1, -0.05) is 18.2 Å². The zero-order valence-electron chi connectivity index (χ0n) is 13.7. The fourth-order valence-electron chi connectivity index (χ4n) is 2.21. The average Bonchev–Trinajstić information content (AvgIpc) is 2.59. The van der Waals surface area contributed by atoms with Crippen LogP contribution in [0.3, 0.4) is 0 Å². The summed E-state index contributed by atoms with van der Waals surface area (Å²) in [5.41, 5.74) is 0.142. The molecular formula is C18H17F3O4. The normalized spacial score (nSPS) is 11.1. The van der Waals surface area contributed by atoms with Crippen LogP contribution in [0.1, 0.15) is 16.7 Å². The Hall–Kier alpha value is -2.70. The molecule has 0 fully saturated rings. The van der Waals surface area contributed by atoms with Crippen LogP contribution in [0.4, 0.5) is 13.2 Å². The van der Waals surface area contributed by atoms with Crippen LogP contribution >= 0.6 is 0 Å². The van der Waals surface area contributed by atoms with Crippen molar-refractivity contribution in [1.82, 2.24) is 0 Å². The first-order valence-electron chi connectivity index (χ1n) is 7.36. The van der Waals surface area contributed by atoms with Gasteiger partial charge in [0.15, 0.2) is 11.5 Å². The van der Waals surface area contributed by atoms with E-state index in [1.807, 2.05) is 0 Å². The van der Waals surface area contributed by atoms with Gasteiger partial charge in [0, 0.05) is 0 Å². The Bertz CT molecular complexity index is 741. The van der Waals surface area contributed by atoms with E-state index in [1.165, 1.54) is 26.4 Å². The summed E-state index contributed by atoms with van der Waals surface area (Å²) in [4.78, 5) is 11.9. The molecule has 0 heterocycles. The molecule has 0 atom stereocenters. The third-order valence-electron chi connectivity index (χ3n) is 3.45. The summed E-state index contributed by atoms with van der Waals surface area (Å²) in [7, 11) is 2.98. The molecule has 0 saturated carbocycles. The van der Waals surface area contributed by atoms with E-state index < -0.39 is 17.7 Å². The lowest BCUT2D eigenvalue weighted by Gasteiger charge is -2.11. The molecule has 0 aliphatic heterocycles. The first kappa shape index (κ1) is 18.6. The summed E-state index contributed by atoms with van der Waals surface area (Å²) in [6, 6.07) is 9.67. The highest BCUT2D eigenvalue weighted by atomic mass is 19.4. The van der Waals surface area contributed by atoms with E-state index in [9.17, 15) is 18.0 Å². The summed E-state index contributed by atoms with van der Waals surface area (Å²) in [6.07, 6.45) is -4.46. The quantitative estimate of drug-likeness (QED) is 0.736. The molecule has 0 bridgehead atoms. The van der Waals surface area contributed by atoms with E-state index in [4.69, 9.17) is 14.2 Å². The Morgan fingerprint density at radius 2 is 1.68 bits per heavy atom. The number of methoxy groups -OCH3 is 2. The van der Waals surface area contributed by atoms with Crippen molar-refractivity contribution in [3.05, 3.63) is 59.2 Å². The molecule has 2 rings (SSSR count). The number of halogens is 3. The Morgan fingerprint density at radius 3 is 2.32 bits per heavy atom. The number of ether oxygens (including phenoxy) is 3. The van der Waals surface area contributed by atoms with Gasteiger partial charge >= 0.3 is 12.1 Å². The number of hydrogen-bond donors (Lipinski definition) is 0. The van der Waals surface area contributed by atoms with Crippen LogP contribution < -0.4 is 9.47 Å². The standard InChI is InChI=1S/C18H17F3O4/c1-23-15-7-6-12(9-16(15)24-2)10-17(22)25-11-13-4-3-5-14(8-13)18(19,20)21/h3-9H,10-11H2,1-2H3. The lowest BCUT2D eigenvalue weighted by molar-refractivity contribution is -0.144. The Morgan fingerprint density at radius 1 is 0.960 bits per heavy atom. The zero-order chi connectivity index (χ0) is 18.4. The fourth-order valence-corrected chi connectivity index (χ4v) is 2.21. The van der Waals surface area contributed by atoms with Gasteiger partial charge in [-0.15, -0.1) is 0 Å². The lowest BCUT2D eigenvalue weighted by Crippen LogP contribution is -2.09. The molecule has 0 radical (unpaired) electrons. The van der Waals surface area contributed by atoms with Crippen molar-refractivity contribution in [2.45, 2.75) is 19.2 Å². The lowest BCUT2D eigenvalue weighted by atomic mass is 10.1. The van der Waals surface area contributed by atoms with Crippen molar-refractivity contribution < 1.29 is 32.2 Å². The summed E-state index contributed by atoms with van der Waals surface area (Å²) in [5.74, 6) is 0.457. The minimum Gasteiger partial charge on any atom is -0.493 e. The molecule has 0 amide bonds. The molecule has 4 nitrogen and oxygen atoms in total. The van der Waals surface area contributed by atoms with Crippen molar-refractivity contribution >= 4 is 5.97 Å². The predicted molar refractivity (Wildman–Crippen MR) is 84.5 cm³/mol. The van der Waals surface area contributed by atoms with Crippen LogP contribution in [0.25, 0.3) is 0 Å². The predicted octanol–water partition coefficient (Wildman–Crippen LogP) is 4.01. The summed E-state index contributed by atoms with van der Waals surface area (Å²) in [6.45, 7) is -0.226. The third kappa shape index (κ3) is 5.14. The van der Waals surface area contributed by atoms with Gasteiger partial charge in [0.25, 0.3) is 0 Å². The Balaban J connectivity index is 1.97. The summed E-state index contributed by atoms with van der Waals surface area (Å²) in [5, 5.41) is 0. The zero-order valence-corrected chi connectivity index (χ0v) is 13.7. The Kier molecular flexibility index (Phi) is 5.90. The monoisotopic (exact) mass is 354 g/mol. The number of carbonyl (C=O) groups excluding carboxylic acids is 1. The first-order chi connectivity index (χ1) is 11.8. The van der Waals surface area contributed by atoms with Gasteiger partial charge in [-0.25, -0.2) is 0 Å². The number of carbonyl (C=O) groups is 1.